The average molecular weight is 695 g/mol. The van der Waals surface area contributed by atoms with Crippen molar-refractivity contribution in [3.8, 4) is 0 Å². The number of hydrogen-bond acceptors (Lipinski definition) is 9. The second kappa shape index (κ2) is 27.8. The molecule has 1 heterocycles. The Labute approximate surface area is 298 Å². The normalized spacial score (nSPS) is 23.0. The number of rotatable bonds is 27. The van der Waals surface area contributed by atoms with Gasteiger partial charge in [-0.2, -0.15) is 0 Å². The van der Waals surface area contributed by atoms with Crippen LogP contribution in [0.2, 0.25) is 0 Å². The molecule has 0 aliphatic carbocycles. The first-order valence-corrected chi connectivity index (χ1v) is 17.6. The number of hydrogen-bond donors (Lipinski definition) is 2. The third-order valence-corrected chi connectivity index (χ3v) is 8.79. The van der Waals surface area contributed by atoms with Crippen molar-refractivity contribution in [3.63, 3.8) is 0 Å². The van der Waals surface area contributed by atoms with Gasteiger partial charge in [0.25, 0.3) is 0 Å². The molecular weight excluding hydrogens is 624 g/mol. The van der Waals surface area contributed by atoms with E-state index in [0.717, 1.165) is 37.7 Å². The summed E-state index contributed by atoms with van der Waals surface area (Å²) < 4.78 is 39.0. The molecule has 1 saturated heterocycles. The molecule has 10 atom stereocenters. The Morgan fingerprint density at radius 3 is 1.80 bits per heavy atom. The molecular formula is C40H70O9. The van der Waals surface area contributed by atoms with E-state index in [4.69, 9.17) is 38.3 Å². The lowest BCUT2D eigenvalue weighted by Crippen LogP contribution is -2.41. The topological polar surface area (TPSA) is 108 Å². The van der Waals surface area contributed by atoms with E-state index in [9.17, 15) is 5.11 Å². The number of epoxide rings is 1. The highest BCUT2D eigenvalue weighted by molar-refractivity contribution is 5.17. The minimum absolute atomic E-state index is 0.0103. The van der Waals surface area contributed by atoms with Crippen LogP contribution >= 0.6 is 0 Å². The summed E-state index contributed by atoms with van der Waals surface area (Å²) in [6.45, 7) is 20.2. The zero-order valence-electron chi connectivity index (χ0n) is 32.2. The minimum atomic E-state index is -0.588. The summed E-state index contributed by atoms with van der Waals surface area (Å²) in [6.07, 6.45) is 21.0. The third-order valence-electron chi connectivity index (χ3n) is 8.79. The molecule has 0 saturated carbocycles. The first kappa shape index (κ1) is 47.1. The van der Waals surface area contributed by atoms with Crippen molar-refractivity contribution in [2.45, 2.75) is 116 Å². The number of aliphatic hydroxyl groups excluding tert-OH is 2. The largest absolute Gasteiger partial charge is 0.392 e. The number of aliphatic hydroxyl groups is 2. The summed E-state index contributed by atoms with van der Waals surface area (Å²) in [5.41, 5.74) is 0.611. The fourth-order valence-corrected chi connectivity index (χ4v) is 5.64. The maximum absolute atomic E-state index is 10.8. The quantitative estimate of drug-likeness (QED) is 0.0395. The number of allylic oxidation sites excluding steroid dienone is 5. The molecule has 0 aromatic heterocycles. The molecule has 49 heavy (non-hydrogen) atoms. The summed E-state index contributed by atoms with van der Waals surface area (Å²) in [5, 5.41) is 19.7. The van der Waals surface area contributed by atoms with Gasteiger partial charge in [0.1, 0.15) is 31.4 Å². The molecule has 0 amide bonds. The van der Waals surface area contributed by atoms with Gasteiger partial charge in [-0.15, -0.1) is 13.2 Å². The monoisotopic (exact) mass is 695 g/mol. The van der Waals surface area contributed by atoms with Gasteiger partial charge < -0.3 is 43.4 Å². The van der Waals surface area contributed by atoms with Crippen molar-refractivity contribution in [3.05, 3.63) is 73.4 Å². The Morgan fingerprint density at radius 1 is 0.837 bits per heavy atom. The highest BCUT2D eigenvalue weighted by atomic mass is 16.7. The van der Waals surface area contributed by atoms with Crippen LogP contribution in [0.25, 0.3) is 0 Å². The summed E-state index contributed by atoms with van der Waals surface area (Å²) in [5.74, 6) is 0.407. The molecule has 284 valence electrons. The van der Waals surface area contributed by atoms with Gasteiger partial charge in [-0.3, -0.25) is 0 Å². The maximum Gasteiger partial charge on any atom is 0.146 e. The lowest BCUT2D eigenvalue weighted by atomic mass is 9.88. The standard InChI is InChI=1S/C21H38O4.C19H32O5/c1-8-10-11-12-13-19(24-7)21(25-15-23-6)18(5)20(22)17(4)14-16(3)9-2;1-6-7-8-9-11-16(22-5)17(23-14-21-4)15(2)18-19(3,24-18)12-10-13-20/h8,12-14,16,18-22H,1,9-11,15H2,2-7H3;6,9-12,15-18,20H,1,7-8,13-14H2,2-5H3/b13-12+,17-14+;11-9+,12-10+/t16-,18-,19+,20+,21+;15-,16-,17-,18+,19-/m10/s1. The van der Waals surface area contributed by atoms with Crippen molar-refractivity contribution in [1.82, 2.24) is 0 Å². The fraction of sp³-hybridized carbons (Fsp3) is 0.700. The Balaban J connectivity index is 0.000000941. The van der Waals surface area contributed by atoms with Gasteiger partial charge in [-0.25, -0.2) is 0 Å². The molecule has 9 nitrogen and oxygen atoms in total. The van der Waals surface area contributed by atoms with E-state index < -0.39 is 6.10 Å². The van der Waals surface area contributed by atoms with Crippen molar-refractivity contribution < 1.29 is 43.4 Å². The summed E-state index contributed by atoms with van der Waals surface area (Å²) in [7, 11) is 6.53. The first-order chi connectivity index (χ1) is 23.5. The van der Waals surface area contributed by atoms with E-state index in [1.54, 1.807) is 34.5 Å². The van der Waals surface area contributed by atoms with Gasteiger partial charge in [0, 0.05) is 40.3 Å². The Kier molecular flexibility index (Phi) is 26.7. The zero-order chi connectivity index (χ0) is 37.2. The van der Waals surface area contributed by atoms with Gasteiger partial charge in [-0.1, -0.05) is 88.8 Å². The van der Waals surface area contributed by atoms with Gasteiger partial charge in [0.15, 0.2) is 0 Å². The van der Waals surface area contributed by atoms with Crippen LogP contribution in [0.1, 0.15) is 73.6 Å². The molecule has 0 spiro atoms. The molecule has 1 aliphatic heterocycles. The summed E-state index contributed by atoms with van der Waals surface area (Å²) >= 11 is 0. The van der Waals surface area contributed by atoms with Gasteiger partial charge in [0.05, 0.1) is 31.0 Å². The number of methoxy groups -OCH3 is 4. The van der Waals surface area contributed by atoms with Crippen LogP contribution in [0.4, 0.5) is 0 Å². The molecule has 0 aromatic rings. The van der Waals surface area contributed by atoms with E-state index in [1.807, 2.05) is 51.2 Å². The molecule has 1 aliphatic rings. The van der Waals surface area contributed by atoms with Crippen LogP contribution in [0.5, 0.6) is 0 Å². The predicted molar refractivity (Wildman–Crippen MR) is 199 cm³/mol. The highest BCUT2D eigenvalue weighted by Crippen LogP contribution is 2.44. The second-order valence-corrected chi connectivity index (χ2v) is 12.8. The maximum atomic E-state index is 10.8. The molecule has 1 rings (SSSR count). The zero-order valence-corrected chi connectivity index (χ0v) is 32.2. The average Bonchev–Trinajstić information content (AvgIpc) is 3.79. The molecule has 0 aromatic carbocycles. The smallest absolute Gasteiger partial charge is 0.146 e. The number of unbranched alkanes of at least 4 members (excludes halogenated alkanes) is 2. The van der Waals surface area contributed by atoms with E-state index in [1.165, 1.54) is 0 Å². The molecule has 9 heteroatoms. The third kappa shape index (κ3) is 18.2. The van der Waals surface area contributed by atoms with Crippen LogP contribution in [0.15, 0.2) is 73.4 Å². The number of ether oxygens (including phenoxy) is 7. The summed E-state index contributed by atoms with van der Waals surface area (Å²) in [4.78, 5) is 0. The molecule has 0 unspecified atom stereocenters. The summed E-state index contributed by atoms with van der Waals surface area (Å²) in [6, 6.07) is 0. The van der Waals surface area contributed by atoms with E-state index in [0.29, 0.717) is 5.92 Å². The van der Waals surface area contributed by atoms with Crippen LogP contribution in [0, 0.1) is 17.8 Å². The van der Waals surface area contributed by atoms with Crippen LogP contribution < -0.4 is 0 Å². The first-order valence-electron chi connectivity index (χ1n) is 17.6. The van der Waals surface area contributed by atoms with Gasteiger partial charge in [0.2, 0.25) is 0 Å². The van der Waals surface area contributed by atoms with Gasteiger partial charge >= 0.3 is 0 Å². The molecule has 1 fully saturated rings. The Bertz CT molecular complexity index is 977. The minimum Gasteiger partial charge on any atom is -0.392 e. The molecule has 2 N–H and O–H groups in total. The molecule has 0 radical (unpaired) electrons. The Morgan fingerprint density at radius 2 is 1.35 bits per heavy atom. The lowest BCUT2D eigenvalue weighted by Gasteiger charge is -2.32. The molecule has 0 bridgehead atoms. The van der Waals surface area contributed by atoms with Gasteiger partial charge in [-0.05, 0) is 51.0 Å². The van der Waals surface area contributed by atoms with Crippen LogP contribution in [0.3, 0.4) is 0 Å². The van der Waals surface area contributed by atoms with Crippen molar-refractivity contribution in [1.29, 1.82) is 0 Å². The van der Waals surface area contributed by atoms with Crippen molar-refractivity contribution in [2.24, 2.45) is 17.8 Å². The Hall–Kier alpha value is -1.92. The van der Waals surface area contributed by atoms with E-state index >= 15 is 0 Å². The predicted octanol–water partition coefficient (Wildman–Crippen LogP) is 7.36. The SMILES string of the molecule is C=CCC/C=C/[C@H](OC)[C@@H](OCOC)[C@H](C)[C@@H](O)/C(C)=C/[C@H](C)CC.C=CCC/C=C/[C@H](OC)[C@@H](OCOC)[C@H](C)[C@H]1O[C@@]1(C)/C=C/CO. The van der Waals surface area contributed by atoms with E-state index in [-0.39, 0.29) is 68.1 Å². The second-order valence-electron chi connectivity index (χ2n) is 12.8. The van der Waals surface area contributed by atoms with Crippen LogP contribution in [-0.4, -0.2) is 101 Å². The van der Waals surface area contributed by atoms with Crippen LogP contribution in [-0.2, 0) is 33.2 Å². The van der Waals surface area contributed by atoms with E-state index in [2.05, 4.69) is 52.2 Å². The highest BCUT2D eigenvalue weighted by Gasteiger charge is 2.55. The fourth-order valence-electron chi connectivity index (χ4n) is 5.64. The van der Waals surface area contributed by atoms with Crippen molar-refractivity contribution >= 4 is 0 Å². The lowest BCUT2D eigenvalue weighted by molar-refractivity contribution is -0.139. The van der Waals surface area contributed by atoms with Crippen molar-refractivity contribution in [2.75, 3.05) is 48.6 Å².